The van der Waals surface area contributed by atoms with Crippen LogP contribution in [0.4, 0.5) is 0 Å². The van der Waals surface area contributed by atoms with Crippen molar-refractivity contribution in [2.24, 2.45) is 28.8 Å². The van der Waals surface area contributed by atoms with E-state index in [0.29, 0.717) is 19.6 Å². The Labute approximate surface area is 309 Å². The van der Waals surface area contributed by atoms with Gasteiger partial charge >= 0.3 is 5.97 Å². The Bertz CT molecular complexity index is 1620. The van der Waals surface area contributed by atoms with Crippen LogP contribution in [0.1, 0.15) is 64.2 Å². The van der Waals surface area contributed by atoms with Crippen LogP contribution in [0.15, 0.2) is 58.7 Å². The van der Waals surface area contributed by atoms with Crippen LogP contribution in [0.2, 0.25) is 25.7 Å². The number of aromatic nitrogens is 1. The minimum atomic E-state index is -1.23. The van der Waals surface area contributed by atoms with Crippen molar-refractivity contribution in [1.29, 1.82) is 0 Å². The number of cyclic esters (lactones) is 1. The van der Waals surface area contributed by atoms with Gasteiger partial charge in [0.25, 0.3) is 0 Å². The number of esters is 1. The predicted octanol–water partition coefficient (Wildman–Crippen LogP) is 9.62. The van der Waals surface area contributed by atoms with Crippen LogP contribution < -0.4 is 4.74 Å². The standard InChI is InChI=1S/C39H58N4O6SSi/c1-25(2)31(21-34(41-42-40)36-22-32(26(3)4)39(45)49-36)38(44)27-10-16-35-33(20-27)28(23-43(35)24-48-18-19-51(7,8)9)11-17-37(47-6)50-30-14-12-29(46-5)13-15-30/h10,12-16,20,23,25-26,31-32,34,36-38,44H,11,17-19,21-22,24H2,1-9H3/t31?,32?,34?,36?,37-,38-/m0/s1. The van der Waals surface area contributed by atoms with Crippen LogP contribution in [0, 0.1) is 23.7 Å². The number of aryl methyl sites for hydroxylation is 1. The molecule has 1 fully saturated rings. The fraction of sp³-hybridized carbons (Fsp3) is 0.615. The summed E-state index contributed by atoms with van der Waals surface area (Å²) in [5.74, 6) is 0.349. The molecule has 1 aliphatic rings. The Morgan fingerprint density at radius 1 is 1.12 bits per heavy atom. The highest BCUT2D eigenvalue weighted by Crippen LogP contribution is 2.39. The number of hydrogen-bond donors (Lipinski definition) is 1. The lowest BCUT2D eigenvalue weighted by Crippen LogP contribution is -2.30. The Morgan fingerprint density at radius 3 is 2.43 bits per heavy atom. The van der Waals surface area contributed by atoms with E-state index in [1.807, 2.05) is 44.2 Å². The maximum Gasteiger partial charge on any atom is 0.309 e. The molecule has 0 saturated carbocycles. The predicted molar refractivity (Wildman–Crippen MR) is 208 cm³/mol. The lowest BCUT2D eigenvalue weighted by molar-refractivity contribution is -0.146. The number of hydrogen-bond acceptors (Lipinski definition) is 8. The van der Waals surface area contributed by atoms with Gasteiger partial charge in [-0.2, -0.15) is 0 Å². The van der Waals surface area contributed by atoms with E-state index in [4.69, 9.17) is 18.9 Å². The highest BCUT2D eigenvalue weighted by atomic mass is 32.2. The molecule has 2 heterocycles. The van der Waals surface area contributed by atoms with E-state index in [2.05, 4.69) is 66.4 Å². The minimum Gasteiger partial charge on any atom is -0.497 e. The summed E-state index contributed by atoms with van der Waals surface area (Å²) in [6.07, 6.45) is 3.35. The maximum atomic E-state index is 12.6. The third-order valence-corrected chi connectivity index (χ3v) is 13.0. The average molecular weight is 739 g/mol. The van der Waals surface area contributed by atoms with Gasteiger partial charge in [-0.15, -0.1) is 0 Å². The number of thioether (sulfide) groups is 1. The molecule has 0 amide bonds. The second-order valence-electron chi connectivity index (χ2n) is 15.7. The molecule has 4 unspecified atom stereocenters. The lowest BCUT2D eigenvalue weighted by atomic mass is 9.80. The molecular weight excluding hydrogens is 681 g/mol. The van der Waals surface area contributed by atoms with Gasteiger partial charge in [-0.05, 0) is 103 Å². The summed E-state index contributed by atoms with van der Waals surface area (Å²) in [4.78, 5) is 16.8. The first kappa shape index (κ1) is 40.8. The molecule has 0 spiro atoms. The van der Waals surface area contributed by atoms with Crippen molar-refractivity contribution in [2.75, 3.05) is 20.8 Å². The number of aliphatic hydroxyl groups excluding tert-OH is 1. The zero-order chi connectivity index (χ0) is 37.3. The van der Waals surface area contributed by atoms with Crippen molar-refractivity contribution < 1.29 is 28.8 Å². The van der Waals surface area contributed by atoms with E-state index in [1.165, 1.54) is 0 Å². The molecule has 1 aromatic heterocycles. The molecule has 1 aliphatic heterocycles. The van der Waals surface area contributed by atoms with Crippen molar-refractivity contribution in [3.8, 4) is 5.75 Å². The second-order valence-corrected chi connectivity index (χ2v) is 22.5. The number of benzene rings is 2. The van der Waals surface area contributed by atoms with E-state index in [-0.39, 0.29) is 35.1 Å². The number of nitrogens with zero attached hydrogens (tertiary/aromatic N) is 4. The highest BCUT2D eigenvalue weighted by molar-refractivity contribution is 7.99. The smallest absolute Gasteiger partial charge is 0.309 e. The van der Waals surface area contributed by atoms with Crippen LogP contribution in [0.3, 0.4) is 0 Å². The number of aliphatic hydroxyl groups is 1. The molecule has 4 rings (SSSR count). The molecule has 0 radical (unpaired) electrons. The number of carbonyl (C=O) groups is 1. The van der Waals surface area contributed by atoms with Crippen LogP contribution in [-0.4, -0.2) is 62.1 Å². The van der Waals surface area contributed by atoms with Gasteiger partial charge in [0.1, 0.15) is 24.0 Å². The number of ether oxygens (including phenoxy) is 4. The molecule has 10 nitrogen and oxygen atoms in total. The quantitative estimate of drug-likeness (QED) is 0.0179. The number of methoxy groups -OCH3 is 2. The van der Waals surface area contributed by atoms with Crippen molar-refractivity contribution in [2.45, 2.75) is 114 Å². The molecule has 0 bridgehead atoms. The number of fused-ring (bicyclic) bond motifs is 1. The van der Waals surface area contributed by atoms with E-state index >= 15 is 0 Å². The van der Waals surface area contributed by atoms with E-state index < -0.39 is 26.3 Å². The molecule has 3 aromatic rings. The Kier molecular flexibility index (Phi) is 14.9. The van der Waals surface area contributed by atoms with Gasteiger partial charge in [0.05, 0.1) is 30.7 Å². The first-order valence-corrected chi connectivity index (χ1v) is 22.8. The summed E-state index contributed by atoms with van der Waals surface area (Å²) in [7, 11) is 2.19. The molecule has 1 N–H and O–H groups in total. The van der Waals surface area contributed by atoms with Crippen LogP contribution >= 0.6 is 11.8 Å². The topological polar surface area (TPSA) is 128 Å². The first-order valence-electron chi connectivity index (χ1n) is 18.2. The summed E-state index contributed by atoms with van der Waals surface area (Å²) >= 11 is 1.68. The fourth-order valence-corrected chi connectivity index (χ4v) is 8.45. The zero-order valence-corrected chi connectivity index (χ0v) is 33.7. The van der Waals surface area contributed by atoms with Gasteiger partial charge in [0, 0.05) is 43.2 Å². The van der Waals surface area contributed by atoms with Crippen molar-refractivity contribution in [1.82, 2.24) is 4.57 Å². The first-order chi connectivity index (χ1) is 24.2. The molecule has 280 valence electrons. The SMILES string of the molecule is COc1ccc(S[C@@H](CCc2cn(COCC[Si](C)(C)C)c3ccc([C@H](O)C(CC(N=[N+]=[N-])C4CC(C(C)C)C(=O)O4)C(C)C)cc23)OC)cc1. The number of rotatable bonds is 20. The van der Waals surface area contributed by atoms with Crippen LogP contribution in [0.5, 0.6) is 5.75 Å². The third kappa shape index (κ3) is 11.2. The molecule has 0 aliphatic carbocycles. The summed E-state index contributed by atoms with van der Waals surface area (Å²) in [6.45, 7) is 16.4. The summed E-state index contributed by atoms with van der Waals surface area (Å²) in [5, 5.41) is 17.1. The molecule has 2 aromatic carbocycles. The van der Waals surface area contributed by atoms with Gasteiger partial charge in [-0.1, -0.05) is 70.3 Å². The summed E-state index contributed by atoms with van der Waals surface area (Å²) in [5.41, 5.74) is 12.4. The van der Waals surface area contributed by atoms with Gasteiger partial charge < -0.3 is 28.6 Å². The van der Waals surface area contributed by atoms with Crippen molar-refractivity contribution in [3.05, 3.63) is 70.2 Å². The molecular formula is C39H58N4O6SSi. The van der Waals surface area contributed by atoms with Gasteiger partial charge in [0.15, 0.2) is 0 Å². The molecule has 51 heavy (non-hydrogen) atoms. The summed E-state index contributed by atoms with van der Waals surface area (Å²) in [6, 6.07) is 14.7. The number of azide groups is 1. The van der Waals surface area contributed by atoms with Gasteiger partial charge in [-0.25, -0.2) is 0 Å². The lowest BCUT2D eigenvalue weighted by Gasteiger charge is -2.30. The van der Waals surface area contributed by atoms with Gasteiger partial charge in [0.2, 0.25) is 0 Å². The van der Waals surface area contributed by atoms with Crippen molar-refractivity contribution in [3.63, 3.8) is 0 Å². The molecule has 6 atom stereocenters. The highest BCUT2D eigenvalue weighted by Gasteiger charge is 2.41. The van der Waals surface area contributed by atoms with E-state index in [0.717, 1.165) is 58.2 Å². The largest absolute Gasteiger partial charge is 0.497 e. The molecule has 12 heteroatoms. The third-order valence-electron chi connectivity index (χ3n) is 10.1. The normalized spacial score (nSPS) is 18.9. The Hall–Kier alpha value is -2.99. The van der Waals surface area contributed by atoms with Crippen LogP contribution in [-0.2, 0) is 32.2 Å². The van der Waals surface area contributed by atoms with Crippen LogP contribution in [0.25, 0.3) is 21.3 Å². The Balaban J connectivity index is 1.59. The summed E-state index contributed by atoms with van der Waals surface area (Å²) < 4.78 is 25.3. The number of carbonyl (C=O) groups excluding carboxylic acids is 1. The maximum absolute atomic E-state index is 12.6. The zero-order valence-electron chi connectivity index (χ0n) is 31.9. The Morgan fingerprint density at radius 2 is 1.84 bits per heavy atom. The fourth-order valence-electron chi connectivity index (χ4n) is 6.77. The van der Waals surface area contributed by atoms with Gasteiger partial charge in [-0.3, -0.25) is 4.79 Å². The second kappa shape index (κ2) is 18.7. The van der Waals surface area contributed by atoms with E-state index in [1.54, 1.807) is 26.0 Å². The average Bonchev–Trinajstić information content (AvgIpc) is 3.66. The monoisotopic (exact) mass is 738 g/mol. The minimum absolute atomic E-state index is 0.0542. The van der Waals surface area contributed by atoms with Crippen molar-refractivity contribution >= 4 is 36.7 Å². The molecule has 1 saturated heterocycles. The van der Waals surface area contributed by atoms with E-state index in [9.17, 15) is 15.4 Å².